The molecule has 3 nitrogen and oxygen atoms in total. The minimum Gasteiger partial charge on any atom is -0.424 e. The number of benzene rings is 1. The van der Waals surface area contributed by atoms with E-state index in [-0.39, 0.29) is 12.0 Å². The lowest BCUT2D eigenvalue weighted by Gasteiger charge is -2.25. The Balaban J connectivity index is 2.25. The van der Waals surface area contributed by atoms with E-state index in [4.69, 9.17) is 20.6 Å². The van der Waals surface area contributed by atoms with Crippen LogP contribution in [0.2, 0.25) is 0 Å². The van der Waals surface area contributed by atoms with Gasteiger partial charge in [0.05, 0.1) is 12.8 Å². The van der Waals surface area contributed by atoms with E-state index in [1.165, 1.54) is 0 Å². The first kappa shape index (κ1) is 10.0. The molecule has 1 aromatic carbocycles. The highest BCUT2D eigenvalue weighted by Crippen LogP contribution is 2.53. The summed E-state index contributed by atoms with van der Waals surface area (Å²) in [7, 11) is -2.98. The number of alkyl halides is 1. The van der Waals surface area contributed by atoms with Gasteiger partial charge in [0, 0.05) is 11.4 Å². The molecule has 0 aliphatic carbocycles. The van der Waals surface area contributed by atoms with Crippen LogP contribution in [0.25, 0.3) is 0 Å². The van der Waals surface area contributed by atoms with E-state index in [0.29, 0.717) is 12.4 Å². The summed E-state index contributed by atoms with van der Waals surface area (Å²) in [5.41, 5.74) is 0.925. The molecule has 0 spiro atoms. The lowest BCUT2D eigenvalue weighted by atomic mass is 10.2. The van der Waals surface area contributed by atoms with Crippen molar-refractivity contribution in [3.8, 4) is 5.75 Å². The van der Waals surface area contributed by atoms with Gasteiger partial charge in [-0.2, -0.15) is 0 Å². The van der Waals surface area contributed by atoms with Gasteiger partial charge in [-0.1, -0.05) is 18.2 Å². The summed E-state index contributed by atoms with van der Waals surface area (Å²) in [6.45, 7) is 0.338. The molecule has 76 valence electrons. The first-order chi connectivity index (χ1) is 6.73. The average Bonchev–Trinajstić information content (AvgIpc) is 2.17. The van der Waals surface area contributed by atoms with Gasteiger partial charge in [-0.15, -0.1) is 11.6 Å². The highest BCUT2D eigenvalue weighted by molar-refractivity contribution is 7.54. The quantitative estimate of drug-likeness (QED) is 0.581. The van der Waals surface area contributed by atoms with E-state index in [1.54, 1.807) is 6.07 Å². The first-order valence-electron chi connectivity index (χ1n) is 4.30. The fourth-order valence-corrected chi connectivity index (χ4v) is 3.18. The molecule has 0 fully saturated rings. The van der Waals surface area contributed by atoms with Gasteiger partial charge in [0.25, 0.3) is 0 Å². The molecule has 1 aromatic rings. The van der Waals surface area contributed by atoms with Crippen LogP contribution in [-0.4, -0.2) is 12.0 Å². The number of hydrogen-bond acceptors (Lipinski definition) is 3. The van der Waals surface area contributed by atoms with Gasteiger partial charge in [0.1, 0.15) is 5.75 Å². The molecule has 0 bridgehead atoms. The molecule has 0 saturated heterocycles. The molecule has 0 radical (unpaired) electrons. The second-order valence-electron chi connectivity index (χ2n) is 3.00. The number of halogens is 1. The van der Waals surface area contributed by atoms with Gasteiger partial charge in [0.2, 0.25) is 0 Å². The Morgan fingerprint density at radius 3 is 3.00 bits per heavy atom. The van der Waals surface area contributed by atoms with Gasteiger partial charge >= 0.3 is 7.60 Å². The van der Waals surface area contributed by atoms with E-state index in [0.717, 1.165) is 5.56 Å². The second-order valence-corrected chi connectivity index (χ2v) is 5.48. The lowest BCUT2D eigenvalue weighted by molar-refractivity contribution is 0.233. The van der Waals surface area contributed by atoms with Gasteiger partial charge < -0.3 is 4.52 Å². The molecule has 1 heterocycles. The van der Waals surface area contributed by atoms with Crippen LogP contribution in [0.3, 0.4) is 0 Å². The highest BCUT2D eigenvalue weighted by Gasteiger charge is 2.30. The lowest BCUT2D eigenvalue weighted by Crippen LogP contribution is -2.10. The van der Waals surface area contributed by atoms with Crippen molar-refractivity contribution < 1.29 is 13.6 Å². The Morgan fingerprint density at radius 1 is 1.43 bits per heavy atom. The molecule has 1 aliphatic heterocycles. The van der Waals surface area contributed by atoms with Gasteiger partial charge in [-0.05, 0) is 6.07 Å². The van der Waals surface area contributed by atoms with Gasteiger partial charge in [-0.25, -0.2) is 4.57 Å². The zero-order chi connectivity index (χ0) is 10.0. The third kappa shape index (κ3) is 1.95. The van der Waals surface area contributed by atoms with Crippen LogP contribution >= 0.6 is 19.2 Å². The minimum absolute atomic E-state index is 0.253. The Kier molecular flexibility index (Phi) is 2.82. The summed E-state index contributed by atoms with van der Waals surface area (Å²) < 4.78 is 22.4. The maximum Gasteiger partial charge on any atom is 0.380 e. The van der Waals surface area contributed by atoms with Gasteiger partial charge in [0.15, 0.2) is 0 Å². The summed E-state index contributed by atoms with van der Waals surface area (Å²) in [4.78, 5) is 0. The van der Waals surface area contributed by atoms with Crippen molar-refractivity contribution in [2.45, 2.75) is 6.61 Å². The molecule has 14 heavy (non-hydrogen) atoms. The van der Waals surface area contributed by atoms with Crippen LogP contribution in [0, 0.1) is 0 Å². The van der Waals surface area contributed by atoms with Crippen LogP contribution in [0.1, 0.15) is 5.56 Å². The molecule has 5 heteroatoms. The molecule has 1 unspecified atom stereocenters. The van der Waals surface area contributed by atoms with Crippen molar-refractivity contribution in [1.82, 2.24) is 0 Å². The molecule has 0 aromatic heterocycles. The molecular weight excluding hydrogens is 223 g/mol. The minimum atomic E-state index is -2.98. The zero-order valence-corrected chi connectivity index (χ0v) is 9.13. The maximum atomic E-state index is 11.9. The standard InChI is InChI=1S/C9H10ClO3P/c10-5-6-14(11)12-7-8-3-1-2-4-9(8)13-14/h1-4H,5-7H2. The Morgan fingerprint density at radius 2 is 2.21 bits per heavy atom. The smallest absolute Gasteiger partial charge is 0.380 e. The molecule has 0 saturated carbocycles. The normalized spacial score (nSPS) is 25.2. The molecule has 1 aliphatic rings. The second kappa shape index (κ2) is 3.93. The van der Waals surface area contributed by atoms with Crippen LogP contribution in [-0.2, 0) is 15.7 Å². The Hall–Kier alpha value is -0.500. The van der Waals surface area contributed by atoms with E-state index < -0.39 is 7.60 Å². The van der Waals surface area contributed by atoms with Crippen molar-refractivity contribution in [1.29, 1.82) is 0 Å². The molecule has 1 atom stereocenters. The maximum absolute atomic E-state index is 11.9. The number of rotatable bonds is 2. The largest absolute Gasteiger partial charge is 0.424 e. The van der Waals surface area contributed by atoms with Gasteiger partial charge in [-0.3, -0.25) is 4.52 Å². The molecule has 0 amide bonds. The fourth-order valence-electron chi connectivity index (χ4n) is 1.27. The average molecular weight is 233 g/mol. The van der Waals surface area contributed by atoms with Crippen molar-refractivity contribution in [3.63, 3.8) is 0 Å². The summed E-state index contributed by atoms with van der Waals surface area (Å²) in [6.07, 6.45) is 0.253. The SMILES string of the molecule is O=P1(CCCl)OCc2ccccc2O1. The number of para-hydroxylation sites is 1. The van der Waals surface area contributed by atoms with Crippen LogP contribution in [0.15, 0.2) is 24.3 Å². The Bertz CT molecular complexity index is 380. The predicted octanol–water partition coefficient (Wildman–Crippen LogP) is 3.03. The van der Waals surface area contributed by atoms with E-state index in [1.807, 2.05) is 18.2 Å². The third-order valence-electron chi connectivity index (χ3n) is 1.99. The fraction of sp³-hybridized carbons (Fsp3) is 0.333. The summed E-state index contributed by atoms with van der Waals surface area (Å²) in [5.74, 6) is 0.923. The zero-order valence-electron chi connectivity index (χ0n) is 7.48. The molecular formula is C9H10ClO3P. The van der Waals surface area contributed by atoms with E-state index in [2.05, 4.69) is 0 Å². The third-order valence-corrected chi connectivity index (χ3v) is 4.21. The summed E-state index contributed by atoms with van der Waals surface area (Å²) in [6, 6.07) is 7.41. The number of fused-ring (bicyclic) bond motifs is 1. The Labute approximate surface area is 87.5 Å². The van der Waals surface area contributed by atoms with Crippen LogP contribution in [0.4, 0.5) is 0 Å². The topological polar surface area (TPSA) is 35.5 Å². The van der Waals surface area contributed by atoms with E-state index in [9.17, 15) is 4.57 Å². The van der Waals surface area contributed by atoms with Crippen LogP contribution in [0.5, 0.6) is 5.75 Å². The predicted molar refractivity (Wildman–Crippen MR) is 55.1 cm³/mol. The van der Waals surface area contributed by atoms with E-state index >= 15 is 0 Å². The van der Waals surface area contributed by atoms with Crippen LogP contribution < -0.4 is 4.52 Å². The first-order valence-corrected chi connectivity index (χ1v) is 6.57. The monoisotopic (exact) mass is 232 g/mol. The van der Waals surface area contributed by atoms with Crippen molar-refractivity contribution in [2.75, 3.05) is 12.0 Å². The highest BCUT2D eigenvalue weighted by atomic mass is 35.5. The molecule has 2 rings (SSSR count). The van der Waals surface area contributed by atoms with Crippen molar-refractivity contribution in [2.24, 2.45) is 0 Å². The summed E-state index contributed by atoms with van der Waals surface area (Å²) in [5, 5.41) is 0. The summed E-state index contributed by atoms with van der Waals surface area (Å²) >= 11 is 5.52. The van der Waals surface area contributed by atoms with Crippen molar-refractivity contribution in [3.05, 3.63) is 29.8 Å². The number of hydrogen-bond donors (Lipinski definition) is 0. The molecule has 0 N–H and O–H groups in total. The van der Waals surface area contributed by atoms with Crippen molar-refractivity contribution >= 4 is 19.2 Å².